The molecule has 2 saturated heterocycles. The molecule has 0 radical (unpaired) electrons. The van der Waals surface area contributed by atoms with Crippen LogP contribution in [0.2, 0.25) is 0 Å². The molecule has 2 aliphatic rings. The molecule has 2 N–H and O–H groups in total. The van der Waals surface area contributed by atoms with Crippen LogP contribution in [-0.2, 0) is 4.74 Å². The van der Waals surface area contributed by atoms with E-state index in [1.807, 2.05) is 0 Å². The molecule has 2 fully saturated rings. The summed E-state index contributed by atoms with van der Waals surface area (Å²) in [4.78, 5) is 2.58. The molecule has 0 unspecified atom stereocenters. The highest BCUT2D eigenvalue weighted by Gasteiger charge is 2.12. The summed E-state index contributed by atoms with van der Waals surface area (Å²) in [6, 6.07) is 0. The molecule has 0 amide bonds. The Balaban J connectivity index is 1.39. The number of hydrogen-bond donors (Lipinski definition) is 2. The Morgan fingerprint density at radius 1 is 1.11 bits per heavy atom. The summed E-state index contributed by atoms with van der Waals surface area (Å²) in [5.41, 5.74) is 0. The lowest BCUT2D eigenvalue weighted by Crippen LogP contribution is -2.43. The summed E-state index contributed by atoms with van der Waals surface area (Å²) in [5.74, 6) is 0.854. The van der Waals surface area contributed by atoms with Gasteiger partial charge in [0.2, 0.25) is 0 Å². The summed E-state index contributed by atoms with van der Waals surface area (Å²) in [5, 5.41) is 7.00. The fourth-order valence-corrected chi connectivity index (χ4v) is 2.78. The van der Waals surface area contributed by atoms with Crippen molar-refractivity contribution in [2.75, 3.05) is 59.0 Å². The average Bonchev–Trinajstić information content (AvgIpc) is 2.45. The third-order valence-corrected chi connectivity index (χ3v) is 4.06. The standard InChI is InChI=1S/C14H29N3O/c1(2-8-17-9-6-15-7-10-17)5-16-13-14-3-11-18-12-4-14/h14-16H,1-13H2. The Morgan fingerprint density at radius 3 is 2.67 bits per heavy atom. The van der Waals surface area contributed by atoms with E-state index in [1.165, 1.54) is 71.5 Å². The maximum atomic E-state index is 5.37. The van der Waals surface area contributed by atoms with Crippen LogP contribution in [0.3, 0.4) is 0 Å². The van der Waals surface area contributed by atoms with Gasteiger partial charge in [0, 0.05) is 39.4 Å². The van der Waals surface area contributed by atoms with E-state index in [-0.39, 0.29) is 0 Å². The van der Waals surface area contributed by atoms with Gasteiger partial charge >= 0.3 is 0 Å². The van der Waals surface area contributed by atoms with Gasteiger partial charge in [0.25, 0.3) is 0 Å². The van der Waals surface area contributed by atoms with Crippen molar-refractivity contribution in [3.63, 3.8) is 0 Å². The van der Waals surface area contributed by atoms with Gasteiger partial charge in [0.15, 0.2) is 0 Å². The zero-order valence-electron chi connectivity index (χ0n) is 11.6. The number of ether oxygens (including phenoxy) is 1. The third-order valence-electron chi connectivity index (χ3n) is 4.06. The Bertz CT molecular complexity index is 179. The van der Waals surface area contributed by atoms with E-state index >= 15 is 0 Å². The summed E-state index contributed by atoms with van der Waals surface area (Å²) < 4.78 is 5.37. The third kappa shape index (κ3) is 5.65. The second-order valence-electron chi connectivity index (χ2n) is 5.56. The van der Waals surface area contributed by atoms with Crippen molar-refractivity contribution in [2.24, 2.45) is 5.92 Å². The zero-order valence-corrected chi connectivity index (χ0v) is 11.6. The molecular formula is C14H29N3O. The highest BCUT2D eigenvalue weighted by atomic mass is 16.5. The molecule has 18 heavy (non-hydrogen) atoms. The van der Waals surface area contributed by atoms with E-state index < -0.39 is 0 Å². The van der Waals surface area contributed by atoms with Crippen molar-refractivity contribution < 1.29 is 4.74 Å². The van der Waals surface area contributed by atoms with Gasteiger partial charge < -0.3 is 20.3 Å². The van der Waals surface area contributed by atoms with Crippen LogP contribution in [0.5, 0.6) is 0 Å². The van der Waals surface area contributed by atoms with Crippen molar-refractivity contribution in [1.29, 1.82) is 0 Å². The fraction of sp³-hybridized carbons (Fsp3) is 1.00. The predicted octanol–water partition coefficient (Wildman–Crippen LogP) is 0.688. The summed E-state index contributed by atoms with van der Waals surface area (Å²) in [7, 11) is 0. The largest absolute Gasteiger partial charge is 0.381 e. The molecule has 4 heteroatoms. The molecular weight excluding hydrogens is 226 g/mol. The first-order chi connectivity index (χ1) is 8.95. The van der Waals surface area contributed by atoms with Gasteiger partial charge in [-0.25, -0.2) is 0 Å². The monoisotopic (exact) mass is 255 g/mol. The van der Waals surface area contributed by atoms with Crippen molar-refractivity contribution >= 4 is 0 Å². The minimum absolute atomic E-state index is 0.854. The van der Waals surface area contributed by atoms with Gasteiger partial charge in [-0.05, 0) is 51.2 Å². The molecule has 0 aromatic carbocycles. The van der Waals surface area contributed by atoms with Crippen LogP contribution >= 0.6 is 0 Å². The van der Waals surface area contributed by atoms with E-state index in [1.54, 1.807) is 0 Å². The minimum atomic E-state index is 0.854. The number of nitrogens with zero attached hydrogens (tertiary/aromatic N) is 1. The number of unbranched alkanes of at least 4 members (excludes halogenated alkanes) is 1. The van der Waals surface area contributed by atoms with Gasteiger partial charge in [-0.2, -0.15) is 0 Å². The van der Waals surface area contributed by atoms with E-state index in [0.717, 1.165) is 19.1 Å². The van der Waals surface area contributed by atoms with E-state index in [2.05, 4.69) is 15.5 Å². The van der Waals surface area contributed by atoms with Crippen molar-refractivity contribution in [3.05, 3.63) is 0 Å². The van der Waals surface area contributed by atoms with Crippen LogP contribution < -0.4 is 10.6 Å². The van der Waals surface area contributed by atoms with Gasteiger partial charge in [0.05, 0.1) is 0 Å². The lowest BCUT2D eigenvalue weighted by molar-refractivity contribution is 0.0663. The molecule has 4 nitrogen and oxygen atoms in total. The molecule has 2 heterocycles. The Labute approximate surface area is 111 Å². The number of nitrogens with one attached hydrogen (secondary N) is 2. The molecule has 0 saturated carbocycles. The Morgan fingerprint density at radius 2 is 1.89 bits per heavy atom. The van der Waals surface area contributed by atoms with Crippen molar-refractivity contribution in [3.8, 4) is 0 Å². The first-order valence-corrected chi connectivity index (χ1v) is 7.66. The summed E-state index contributed by atoms with van der Waals surface area (Å²) >= 11 is 0. The molecule has 0 aromatic heterocycles. The second-order valence-corrected chi connectivity index (χ2v) is 5.56. The van der Waals surface area contributed by atoms with Crippen LogP contribution in [0.25, 0.3) is 0 Å². The average molecular weight is 255 g/mol. The van der Waals surface area contributed by atoms with Gasteiger partial charge in [-0.3, -0.25) is 0 Å². The number of hydrogen-bond acceptors (Lipinski definition) is 4. The van der Waals surface area contributed by atoms with Gasteiger partial charge in [-0.1, -0.05) is 0 Å². The maximum Gasteiger partial charge on any atom is 0.0469 e. The lowest BCUT2D eigenvalue weighted by Gasteiger charge is -2.27. The topological polar surface area (TPSA) is 36.5 Å². The van der Waals surface area contributed by atoms with Crippen LogP contribution in [-0.4, -0.2) is 63.9 Å². The zero-order chi connectivity index (χ0) is 12.5. The van der Waals surface area contributed by atoms with E-state index in [9.17, 15) is 0 Å². The maximum absolute atomic E-state index is 5.37. The van der Waals surface area contributed by atoms with Crippen LogP contribution in [0.4, 0.5) is 0 Å². The summed E-state index contributed by atoms with van der Waals surface area (Å²) in [6.07, 6.45) is 5.13. The molecule has 0 aliphatic carbocycles. The first kappa shape index (κ1) is 14.3. The smallest absolute Gasteiger partial charge is 0.0469 e. The minimum Gasteiger partial charge on any atom is -0.381 e. The van der Waals surface area contributed by atoms with Crippen molar-refractivity contribution in [1.82, 2.24) is 15.5 Å². The van der Waals surface area contributed by atoms with Crippen molar-refractivity contribution in [2.45, 2.75) is 25.7 Å². The quantitative estimate of drug-likeness (QED) is 0.656. The first-order valence-electron chi connectivity index (χ1n) is 7.66. The molecule has 2 aliphatic heterocycles. The van der Waals surface area contributed by atoms with Crippen LogP contribution in [0.1, 0.15) is 25.7 Å². The molecule has 2 rings (SSSR count). The molecule has 0 aromatic rings. The van der Waals surface area contributed by atoms with Gasteiger partial charge in [0.1, 0.15) is 0 Å². The Kier molecular flexibility index (Phi) is 7.01. The lowest BCUT2D eigenvalue weighted by atomic mass is 10.0. The van der Waals surface area contributed by atoms with Crippen LogP contribution in [0.15, 0.2) is 0 Å². The van der Waals surface area contributed by atoms with E-state index in [0.29, 0.717) is 0 Å². The molecule has 106 valence electrons. The second kappa shape index (κ2) is 8.86. The molecule has 0 bridgehead atoms. The summed E-state index contributed by atoms with van der Waals surface area (Å²) in [6.45, 7) is 10.4. The fourth-order valence-electron chi connectivity index (χ4n) is 2.78. The predicted molar refractivity (Wildman–Crippen MR) is 75.0 cm³/mol. The number of piperazine rings is 1. The molecule has 0 spiro atoms. The van der Waals surface area contributed by atoms with Gasteiger partial charge in [-0.15, -0.1) is 0 Å². The van der Waals surface area contributed by atoms with E-state index in [4.69, 9.17) is 4.74 Å². The molecule has 0 atom stereocenters. The normalized spacial score (nSPS) is 23.3. The SMILES string of the molecule is C(CCN1CCNCC1)CNCC1CCOCC1. The highest BCUT2D eigenvalue weighted by molar-refractivity contribution is 4.68. The van der Waals surface area contributed by atoms with Crippen LogP contribution in [0, 0.1) is 5.92 Å². The highest BCUT2D eigenvalue weighted by Crippen LogP contribution is 2.13. The Hall–Kier alpha value is -0.160. The number of rotatable bonds is 7.